The van der Waals surface area contributed by atoms with Crippen molar-refractivity contribution in [3.05, 3.63) is 62.9 Å². The highest BCUT2D eigenvalue weighted by Crippen LogP contribution is 2.25. The van der Waals surface area contributed by atoms with Crippen LogP contribution >= 0.6 is 15.9 Å². The third-order valence-corrected chi connectivity index (χ3v) is 3.41. The molecular formula is C15H13BrFNO. The van der Waals surface area contributed by atoms with Gasteiger partial charge in [0.25, 0.3) is 0 Å². The standard InChI is InChI=1S/C15H13BrFNO/c1-8-5-9(2)14(12(17)6-8)15(19)11-7-10(16)3-4-13(11)18/h3-7H,18H2,1-2H3. The fourth-order valence-corrected chi connectivity index (χ4v) is 2.42. The molecule has 0 bridgehead atoms. The highest BCUT2D eigenvalue weighted by molar-refractivity contribution is 9.10. The van der Waals surface area contributed by atoms with E-state index in [0.717, 1.165) is 10.0 Å². The molecule has 0 aliphatic rings. The summed E-state index contributed by atoms with van der Waals surface area (Å²) in [4.78, 5) is 12.4. The summed E-state index contributed by atoms with van der Waals surface area (Å²) >= 11 is 3.28. The quantitative estimate of drug-likeness (QED) is 0.670. The molecule has 2 rings (SSSR count). The predicted octanol–water partition coefficient (Wildman–Crippen LogP) is 4.02. The van der Waals surface area contributed by atoms with Gasteiger partial charge in [-0.25, -0.2) is 4.39 Å². The van der Waals surface area contributed by atoms with E-state index in [1.54, 1.807) is 38.1 Å². The van der Waals surface area contributed by atoms with E-state index in [4.69, 9.17) is 5.73 Å². The first-order valence-electron chi connectivity index (χ1n) is 5.76. The van der Waals surface area contributed by atoms with Crippen molar-refractivity contribution in [2.45, 2.75) is 13.8 Å². The Kier molecular flexibility index (Phi) is 3.71. The number of carbonyl (C=O) groups is 1. The van der Waals surface area contributed by atoms with Crippen molar-refractivity contribution in [2.75, 3.05) is 5.73 Å². The van der Waals surface area contributed by atoms with Gasteiger partial charge >= 0.3 is 0 Å². The number of halogens is 2. The van der Waals surface area contributed by atoms with Crippen molar-refractivity contribution in [1.29, 1.82) is 0 Å². The molecule has 2 aromatic rings. The maximum absolute atomic E-state index is 14.0. The summed E-state index contributed by atoms with van der Waals surface area (Å²) in [6.45, 7) is 3.51. The predicted molar refractivity (Wildman–Crippen MR) is 77.9 cm³/mol. The second kappa shape index (κ2) is 5.13. The Morgan fingerprint density at radius 2 is 1.89 bits per heavy atom. The van der Waals surface area contributed by atoms with Crippen LogP contribution in [0.5, 0.6) is 0 Å². The van der Waals surface area contributed by atoms with Crippen molar-refractivity contribution >= 4 is 27.4 Å². The molecule has 0 saturated carbocycles. The molecule has 0 radical (unpaired) electrons. The zero-order chi connectivity index (χ0) is 14.2. The summed E-state index contributed by atoms with van der Waals surface area (Å²) in [7, 11) is 0. The van der Waals surface area contributed by atoms with E-state index in [-0.39, 0.29) is 5.56 Å². The number of hydrogen-bond donors (Lipinski definition) is 1. The van der Waals surface area contributed by atoms with Gasteiger partial charge in [0, 0.05) is 15.7 Å². The molecule has 0 spiro atoms. The number of aryl methyl sites for hydroxylation is 2. The second-order valence-electron chi connectivity index (χ2n) is 4.50. The lowest BCUT2D eigenvalue weighted by atomic mass is 9.96. The molecule has 2 N–H and O–H groups in total. The van der Waals surface area contributed by atoms with Crippen molar-refractivity contribution in [3.8, 4) is 0 Å². The van der Waals surface area contributed by atoms with E-state index in [2.05, 4.69) is 15.9 Å². The molecule has 0 fully saturated rings. The first-order chi connectivity index (χ1) is 8.90. The first kappa shape index (κ1) is 13.7. The fraction of sp³-hybridized carbons (Fsp3) is 0.133. The second-order valence-corrected chi connectivity index (χ2v) is 5.42. The third-order valence-electron chi connectivity index (χ3n) is 2.92. The lowest BCUT2D eigenvalue weighted by Crippen LogP contribution is -2.10. The van der Waals surface area contributed by atoms with E-state index in [9.17, 15) is 9.18 Å². The molecule has 2 aromatic carbocycles. The van der Waals surface area contributed by atoms with Crippen molar-refractivity contribution in [2.24, 2.45) is 0 Å². The highest BCUT2D eigenvalue weighted by atomic mass is 79.9. The van der Waals surface area contributed by atoms with Crippen LogP contribution in [0.25, 0.3) is 0 Å². The van der Waals surface area contributed by atoms with Gasteiger partial charge in [0.15, 0.2) is 5.78 Å². The van der Waals surface area contributed by atoms with E-state index < -0.39 is 11.6 Å². The van der Waals surface area contributed by atoms with Gasteiger partial charge in [-0.2, -0.15) is 0 Å². The van der Waals surface area contributed by atoms with Gasteiger partial charge in [-0.1, -0.05) is 22.0 Å². The normalized spacial score (nSPS) is 10.5. The number of anilines is 1. The number of nitrogen functional groups attached to an aromatic ring is 1. The summed E-state index contributed by atoms with van der Waals surface area (Å²) in [6.07, 6.45) is 0. The minimum Gasteiger partial charge on any atom is -0.398 e. The Morgan fingerprint density at radius 1 is 1.21 bits per heavy atom. The summed E-state index contributed by atoms with van der Waals surface area (Å²) < 4.78 is 14.7. The average Bonchev–Trinajstić information content (AvgIpc) is 2.30. The van der Waals surface area contributed by atoms with Gasteiger partial charge in [-0.05, 0) is 49.2 Å². The van der Waals surface area contributed by atoms with Crippen LogP contribution in [-0.2, 0) is 0 Å². The van der Waals surface area contributed by atoms with Crippen LogP contribution in [0.3, 0.4) is 0 Å². The lowest BCUT2D eigenvalue weighted by molar-refractivity contribution is 0.103. The highest BCUT2D eigenvalue weighted by Gasteiger charge is 2.19. The van der Waals surface area contributed by atoms with Gasteiger partial charge in [0.2, 0.25) is 0 Å². The zero-order valence-corrected chi connectivity index (χ0v) is 12.2. The van der Waals surface area contributed by atoms with Crippen LogP contribution in [0.15, 0.2) is 34.8 Å². The van der Waals surface area contributed by atoms with Gasteiger partial charge in [0.05, 0.1) is 5.56 Å². The monoisotopic (exact) mass is 321 g/mol. The fourth-order valence-electron chi connectivity index (χ4n) is 2.06. The number of carbonyl (C=O) groups excluding carboxylic acids is 1. The molecule has 0 saturated heterocycles. The smallest absolute Gasteiger partial charge is 0.198 e. The van der Waals surface area contributed by atoms with E-state index in [1.807, 2.05) is 0 Å². The molecule has 0 aliphatic heterocycles. The van der Waals surface area contributed by atoms with Crippen LogP contribution in [0.4, 0.5) is 10.1 Å². The molecule has 98 valence electrons. The Morgan fingerprint density at radius 3 is 2.53 bits per heavy atom. The van der Waals surface area contributed by atoms with Crippen molar-refractivity contribution in [3.63, 3.8) is 0 Å². The molecule has 4 heteroatoms. The van der Waals surface area contributed by atoms with Crippen LogP contribution in [-0.4, -0.2) is 5.78 Å². The number of hydrogen-bond acceptors (Lipinski definition) is 2. The Balaban J connectivity index is 2.59. The zero-order valence-electron chi connectivity index (χ0n) is 10.6. The molecule has 0 heterocycles. The van der Waals surface area contributed by atoms with Crippen molar-refractivity contribution < 1.29 is 9.18 Å². The first-order valence-corrected chi connectivity index (χ1v) is 6.56. The van der Waals surface area contributed by atoms with Crippen LogP contribution < -0.4 is 5.73 Å². The van der Waals surface area contributed by atoms with Crippen LogP contribution in [0, 0.1) is 19.7 Å². The molecule has 0 aromatic heterocycles. The molecule has 0 atom stereocenters. The summed E-state index contributed by atoms with van der Waals surface area (Å²) in [6, 6.07) is 8.11. The Labute approximate surface area is 119 Å². The van der Waals surface area contributed by atoms with E-state index >= 15 is 0 Å². The lowest BCUT2D eigenvalue weighted by Gasteiger charge is -2.10. The van der Waals surface area contributed by atoms with E-state index in [1.165, 1.54) is 6.07 Å². The third kappa shape index (κ3) is 2.68. The molecule has 19 heavy (non-hydrogen) atoms. The topological polar surface area (TPSA) is 43.1 Å². The number of nitrogens with two attached hydrogens (primary N) is 1. The molecule has 0 unspecified atom stereocenters. The van der Waals surface area contributed by atoms with Gasteiger partial charge in [-0.3, -0.25) is 4.79 Å². The van der Waals surface area contributed by atoms with E-state index in [0.29, 0.717) is 16.8 Å². The van der Waals surface area contributed by atoms with Gasteiger partial charge in [-0.15, -0.1) is 0 Å². The molecule has 0 aliphatic carbocycles. The Hall–Kier alpha value is -1.68. The van der Waals surface area contributed by atoms with Gasteiger partial charge in [0.1, 0.15) is 5.82 Å². The molecule has 2 nitrogen and oxygen atoms in total. The largest absolute Gasteiger partial charge is 0.398 e. The van der Waals surface area contributed by atoms with Crippen molar-refractivity contribution in [1.82, 2.24) is 0 Å². The number of benzene rings is 2. The SMILES string of the molecule is Cc1cc(C)c(C(=O)c2cc(Br)ccc2N)c(F)c1. The van der Waals surface area contributed by atoms with Gasteiger partial charge < -0.3 is 5.73 Å². The van der Waals surface area contributed by atoms with Crippen LogP contribution in [0.2, 0.25) is 0 Å². The minimum atomic E-state index is -0.512. The maximum Gasteiger partial charge on any atom is 0.198 e. The summed E-state index contributed by atoms with van der Waals surface area (Å²) in [5, 5.41) is 0. The summed E-state index contributed by atoms with van der Waals surface area (Å²) in [5.41, 5.74) is 7.92. The molecule has 0 amide bonds. The average molecular weight is 322 g/mol. The maximum atomic E-state index is 14.0. The number of ketones is 1. The Bertz CT molecular complexity index is 644. The minimum absolute atomic E-state index is 0.0791. The summed E-state index contributed by atoms with van der Waals surface area (Å²) in [5.74, 6) is -0.907. The number of rotatable bonds is 2. The molecular weight excluding hydrogens is 309 g/mol. The van der Waals surface area contributed by atoms with Crippen LogP contribution in [0.1, 0.15) is 27.0 Å².